The van der Waals surface area contributed by atoms with Crippen molar-refractivity contribution < 1.29 is 17.9 Å². The molecule has 1 N–H and O–H groups in total. The van der Waals surface area contributed by atoms with Gasteiger partial charge >= 0.3 is 0 Å². The molecule has 0 bridgehead atoms. The second-order valence-electron chi connectivity index (χ2n) is 6.91. The van der Waals surface area contributed by atoms with Gasteiger partial charge in [0.2, 0.25) is 10.0 Å². The van der Waals surface area contributed by atoms with Gasteiger partial charge in [-0.25, -0.2) is 13.1 Å². The quantitative estimate of drug-likeness (QED) is 0.875. The van der Waals surface area contributed by atoms with Crippen LogP contribution in [-0.2, 0) is 29.3 Å². The molecular formula is C20H23NO4S. The number of sulfonamides is 1. The number of benzene rings is 2. The number of nitrogens with one attached hydrogen (secondary N) is 1. The zero-order chi connectivity index (χ0) is 18.3. The summed E-state index contributed by atoms with van der Waals surface area (Å²) in [6.45, 7) is 5.58. The number of ether oxygens (including phenoxy) is 2. The molecule has 5 nitrogen and oxygen atoms in total. The average Bonchev–Trinajstić information content (AvgIpc) is 3.25. The first-order chi connectivity index (χ1) is 12.5. The Morgan fingerprint density at radius 2 is 1.85 bits per heavy atom. The van der Waals surface area contributed by atoms with Crippen LogP contribution < -0.4 is 14.2 Å². The maximum atomic E-state index is 12.6. The van der Waals surface area contributed by atoms with Gasteiger partial charge in [0.1, 0.15) is 11.5 Å². The molecule has 2 aromatic rings. The Morgan fingerprint density at radius 3 is 2.65 bits per heavy atom. The predicted octanol–water partition coefficient (Wildman–Crippen LogP) is 2.69. The standard InChI is InChI=1S/C20H23NO4S/c1-13-3-4-16(11-14(13)2)26(22,23)21-8-5-18-17-7-10-24-19(17)12-15-6-9-25-20(15)18/h3-4,11-12,21H,5-10H2,1-2H3. The van der Waals surface area contributed by atoms with Crippen LogP contribution in [0.4, 0.5) is 0 Å². The van der Waals surface area contributed by atoms with E-state index >= 15 is 0 Å². The minimum Gasteiger partial charge on any atom is -0.493 e. The van der Waals surface area contributed by atoms with E-state index in [0.29, 0.717) is 31.1 Å². The molecule has 2 aliphatic rings. The number of hydrogen-bond acceptors (Lipinski definition) is 4. The molecule has 138 valence electrons. The van der Waals surface area contributed by atoms with Crippen LogP contribution >= 0.6 is 0 Å². The van der Waals surface area contributed by atoms with Crippen LogP contribution in [0.1, 0.15) is 27.8 Å². The van der Waals surface area contributed by atoms with Gasteiger partial charge in [-0.05, 0) is 49.6 Å². The third-order valence-corrected chi connectivity index (χ3v) is 6.67. The van der Waals surface area contributed by atoms with Crippen LogP contribution in [0.3, 0.4) is 0 Å². The Morgan fingerprint density at radius 1 is 1.04 bits per heavy atom. The van der Waals surface area contributed by atoms with E-state index in [4.69, 9.17) is 9.47 Å². The minimum absolute atomic E-state index is 0.309. The van der Waals surface area contributed by atoms with Crippen LogP contribution in [0.15, 0.2) is 29.2 Å². The van der Waals surface area contributed by atoms with Crippen molar-refractivity contribution in [2.24, 2.45) is 0 Å². The van der Waals surface area contributed by atoms with E-state index in [1.54, 1.807) is 12.1 Å². The van der Waals surface area contributed by atoms with Crippen LogP contribution in [0.2, 0.25) is 0 Å². The maximum Gasteiger partial charge on any atom is 0.240 e. The molecule has 6 heteroatoms. The van der Waals surface area contributed by atoms with Gasteiger partial charge in [0.25, 0.3) is 0 Å². The third kappa shape index (κ3) is 3.08. The highest BCUT2D eigenvalue weighted by atomic mass is 32.2. The minimum atomic E-state index is -3.52. The summed E-state index contributed by atoms with van der Waals surface area (Å²) < 4.78 is 39.4. The number of fused-ring (bicyclic) bond motifs is 2. The normalized spacial score (nSPS) is 15.3. The molecule has 0 fully saturated rings. The van der Waals surface area contributed by atoms with Gasteiger partial charge in [0.05, 0.1) is 18.1 Å². The van der Waals surface area contributed by atoms with E-state index in [2.05, 4.69) is 10.8 Å². The summed E-state index contributed by atoms with van der Waals surface area (Å²) in [7, 11) is -3.52. The molecule has 0 unspecified atom stereocenters. The maximum absolute atomic E-state index is 12.6. The van der Waals surface area contributed by atoms with Gasteiger partial charge in [-0.2, -0.15) is 0 Å². The average molecular weight is 373 g/mol. The lowest BCUT2D eigenvalue weighted by atomic mass is 9.97. The molecule has 26 heavy (non-hydrogen) atoms. The molecule has 0 saturated heterocycles. The van der Waals surface area contributed by atoms with Gasteiger partial charge in [0, 0.05) is 36.1 Å². The Hall–Kier alpha value is -2.05. The van der Waals surface area contributed by atoms with Crippen LogP contribution in [0.5, 0.6) is 11.5 Å². The highest BCUT2D eigenvalue weighted by molar-refractivity contribution is 7.89. The van der Waals surface area contributed by atoms with Crippen molar-refractivity contribution in [1.29, 1.82) is 0 Å². The molecule has 0 aromatic heterocycles. The Balaban J connectivity index is 1.53. The molecule has 0 radical (unpaired) electrons. The molecule has 0 aliphatic carbocycles. The Labute approximate surface area is 154 Å². The zero-order valence-corrected chi connectivity index (χ0v) is 15.9. The molecule has 4 rings (SSSR count). The molecule has 0 spiro atoms. The predicted molar refractivity (Wildman–Crippen MR) is 99.6 cm³/mol. The molecule has 0 atom stereocenters. The molecule has 2 heterocycles. The lowest BCUT2D eigenvalue weighted by molar-refractivity contribution is 0.353. The summed E-state index contributed by atoms with van der Waals surface area (Å²) in [5.41, 5.74) is 5.47. The summed E-state index contributed by atoms with van der Waals surface area (Å²) in [5.74, 6) is 1.86. The van der Waals surface area contributed by atoms with E-state index in [0.717, 1.165) is 52.2 Å². The van der Waals surface area contributed by atoms with Gasteiger partial charge in [-0.15, -0.1) is 0 Å². The number of hydrogen-bond donors (Lipinski definition) is 1. The fraction of sp³-hybridized carbons (Fsp3) is 0.400. The summed E-state index contributed by atoms with van der Waals surface area (Å²) in [4.78, 5) is 0.309. The first-order valence-electron chi connectivity index (χ1n) is 8.96. The second-order valence-corrected chi connectivity index (χ2v) is 8.68. The van der Waals surface area contributed by atoms with Crippen molar-refractivity contribution in [2.75, 3.05) is 19.8 Å². The van der Waals surface area contributed by atoms with Crippen LogP contribution in [0, 0.1) is 13.8 Å². The van der Waals surface area contributed by atoms with Gasteiger partial charge in [0.15, 0.2) is 0 Å². The summed E-state index contributed by atoms with van der Waals surface area (Å²) in [5, 5.41) is 0. The largest absolute Gasteiger partial charge is 0.493 e. The van der Waals surface area contributed by atoms with E-state index in [9.17, 15) is 8.42 Å². The fourth-order valence-electron chi connectivity index (χ4n) is 3.62. The molecule has 2 aliphatic heterocycles. The summed E-state index contributed by atoms with van der Waals surface area (Å²) in [6, 6.07) is 7.28. The fourth-order valence-corrected chi connectivity index (χ4v) is 4.74. The van der Waals surface area contributed by atoms with Gasteiger partial charge < -0.3 is 9.47 Å². The van der Waals surface area contributed by atoms with Gasteiger partial charge in [-0.1, -0.05) is 6.07 Å². The van der Waals surface area contributed by atoms with Crippen molar-refractivity contribution in [3.63, 3.8) is 0 Å². The van der Waals surface area contributed by atoms with Crippen molar-refractivity contribution >= 4 is 10.0 Å². The van der Waals surface area contributed by atoms with E-state index in [1.807, 2.05) is 19.9 Å². The summed E-state index contributed by atoms with van der Waals surface area (Å²) >= 11 is 0. The third-order valence-electron chi connectivity index (χ3n) is 5.22. The topological polar surface area (TPSA) is 64.6 Å². The van der Waals surface area contributed by atoms with E-state index < -0.39 is 10.0 Å². The van der Waals surface area contributed by atoms with Crippen molar-refractivity contribution in [3.8, 4) is 11.5 Å². The first kappa shape index (κ1) is 17.4. The van der Waals surface area contributed by atoms with E-state index in [1.165, 1.54) is 0 Å². The van der Waals surface area contributed by atoms with Crippen molar-refractivity contribution in [3.05, 3.63) is 52.1 Å². The second kappa shape index (κ2) is 6.59. The molecule has 0 amide bonds. The van der Waals surface area contributed by atoms with E-state index in [-0.39, 0.29) is 0 Å². The van der Waals surface area contributed by atoms with Crippen molar-refractivity contribution in [1.82, 2.24) is 4.72 Å². The monoisotopic (exact) mass is 373 g/mol. The molecule has 2 aromatic carbocycles. The smallest absolute Gasteiger partial charge is 0.240 e. The molecular weight excluding hydrogens is 350 g/mol. The van der Waals surface area contributed by atoms with Crippen molar-refractivity contribution in [2.45, 2.75) is 38.0 Å². The first-order valence-corrected chi connectivity index (χ1v) is 10.4. The number of aryl methyl sites for hydroxylation is 2. The SMILES string of the molecule is Cc1ccc(S(=O)(=O)NCCc2c3c(cc4c2OCC4)OCC3)cc1C. The number of rotatable bonds is 5. The lowest BCUT2D eigenvalue weighted by Gasteiger charge is -2.14. The Bertz CT molecular complexity index is 934. The lowest BCUT2D eigenvalue weighted by Crippen LogP contribution is -2.26. The van der Waals surface area contributed by atoms with Crippen LogP contribution in [0.25, 0.3) is 0 Å². The van der Waals surface area contributed by atoms with Crippen LogP contribution in [-0.4, -0.2) is 28.2 Å². The Kier molecular flexibility index (Phi) is 4.40. The zero-order valence-electron chi connectivity index (χ0n) is 15.1. The van der Waals surface area contributed by atoms with Gasteiger partial charge in [-0.3, -0.25) is 0 Å². The highest BCUT2D eigenvalue weighted by Gasteiger charge is 2.26. The molecule has 0 saturated carbocycles. The highest BCUT2D eigenvalue weighted by Crippen LogP contribution is 2.40. The summed E-state index contributed by atoms with van der Waals surface area (Å²) in [6.07, 6.45) is 2.33.